The second-order valence-electron chi connectivity index (χ2n) is 8.06. The van der Waals surface area contributed by atoms with E-state index in [2.05, 4.69) is 5.32 Å². The van der Waals surface area contributed by atoms with Crippen LogP contribution in [-0.4, -0.2) is 60.3 Å². The lowest BCUT2D eigenvalue weighted by molar-refractivity contribution is -0.00815. The Morgan fingerprint density at radius 1 is 1.17 bits per heavy atom. The second kappa shape index (κ2) is 7.99. The number of carbonyl (C=O) groups excluding carboxylic acids is 2. The zero-order chi connectivity index (χ0) is 21.4. The number of methoxy groups -OCH3 is 1. The third-order valence-corrected chi connectivity index (χ3v) is 5.92. The number of amides is 3. The summed E-state index contributed by atoms with van der Waals surface area (Å²) < 4.78 is 5.19. The normalized spacial score (nSPS) is 22.1. The molecule has 0 aliphatic carbocycles. The molecule has 3 atom stereocenters. The van der Waals surface area contributed by atoms with E-state index in [0.29, 0.717) is 17.9 Å². The fraction of sp³-hybridized carbons (Fsp3) is 0.391. The number of aliphatic hydroxyl groups excluding tert-OH is 1. The number of anilines is 1. The van der Waals surface area contributed by atoms with Gasteiger partial charge in [-0.25, -0.2) is 4.79 Å². The summed E-state index contributed by atoms with van der Waals surface area (Å²) in [5.74, 6) is 0.566. The molecule has 0 unspecified atom stereocenters. The Balaban J connectivity index is 1.68. The van der Waals surface area contributed by atoms with Gasteiger partial charge in [0.1, 0.15) is 5.75 Å². The van der Waals surface area contributed by atoms with Gasteiger partial charge < -0.3 is 25.0 Å². The number of fused-ring (bicyclic) bond motifs is 3. The topological polar surface area (TPSA) is 82.1 Å². The number of benzene rings is 2. The standard InChI is InChI=1S/C23H27N3O4/c1-14(2)24-23(29)26-19-12-25(22(28)15-8-10-16(30-3)11-9-15)18-7-5-4-6-17(18)21(19)20(26)13-27/h4-11,14,19-21,27H,12-13H2,1-3H3,(H,24,29)/t19-,20-,21+/m0/s1. The lowest BCUT2D eigenvalue weighted by Gasteiger charge is -2.58. The Morgan fingerprint density at radius 2 is 1.87 bits per heavy atom. The smallest absolute Gasteiger partial charge is 0.318 e. The Hall–Kier alpha value is -3.06. The molecule has 0 saturated carbocycles. The highest BCUT2D eigenvalue weighted by molar-refractivity contribution is 6.07. The highest BCUT2D eigenvalue weighted by atomic mass is 16.5. The van der Waals surface area contributed by atoms with Crippen molar-refractivity contribution in [2.45, 2.75) is 37.9 Å². The third kappa shape index (κ3) is 3.29. The number of hydrogen-bond acceptors (Lipinski definition) is 4. The van der Waals surface area contributed by atoms with Crippen molar-refractivity contribution >= 4 is 17.6 Å². The van der Waals surface area contributed by atoms with E-state index in [0.717, 1.165) is 11.3 Å². The Morgan fingerprint density at radius 3 is 2.50 bits per heavy atom. The summed E-state index contributed by atoms with van der Waals surface area (Å²) in [6, 6.07) is 14.1. The van der Waals surface area contributed by atoms with E-state index in [9.17, 15) is 14.7 Å². The molecule has 1 saturated heterocycles. The van der Waals surface area contributed by atoms with Gasteiger partial charge in [-0.15, -0.1) is 0 Å². The molecule has 7 heteroatoms. The molecule has 2 aromatic carbocycles. The maximum absolute atomic E-state index is 13.4. The molecule has 2 N–H and O–H groups in total. The number of likely N-dealkylation sites (tertiary alicyclic amines) is 1. The Bertz CT molecular complexity index is 944. The van der Waals surface area contributed by atoms with E-state index in [1.807, 2.05) is 38.1 Å². The van der Waals surface area contributed by atoms with Crippen molar-refractivity contribution in [3.63, 3.8) is 0 Å². The van der Waals surface area contributed by atoms with Gasteiger partial charge in [0.25, 0.3) is 5.91 Å². The van der Waals surface area contributed by atoms with Crippen LogP contribution in [0.15, 0.2) is 48.5 Å². The van der Waals surface area contributed by atoms with E-state index in [1.54, 1.807) is 41.2 Å². The van der Waals surface area contributed by atoms with Gasteiger partial charge in [-0.2, -0.15) is 0 Å². The Labute approximate surface area is 176 Å². The van der Waals surface area contributed by atoms with E-state index >= 15 is 0 Å². The van der Waals surface area contributed by atoms with Crippen LogP contribution in [0.1, 0.15) is 35.7 Å². The van der Waals surface area contributed by atoms with Crippen molar-refractivity contribution in [1.29, 1.82) is 0 Å². The van der Waals surface area contributed by atoms with Crippen LogP contribution in [0.25, 0.3) is 0 Å². The van der Waals surface area contributed by atoms with Gasteiger partial charge in [0.15, 0.2) is 0 Å². The average Bonchev–Trinajstić information content (AvgIpc) is 2.73. The summed E-state index contributed by atoms with van der Waals surface area (Å²) in [6.07, 6.45) is 0. The summed E-state index contributed by atoms with van der Waals surface area (Å²) in [5.41, 5.74) is 2.38. The number of aliphatic hydroxyl groups is 1. The SMILES string of the molecule is COc1ccc(C(=O)N2C[C@H]3[C@@H](c4ccccc42)[C@H](CO)N3C(=O)NC(C)C)cc1. The van der Waals surface area contributed by atoms with Crippen LogP contribution in [0, 0.1) is 0 Å². The van der Waals surface area contributed by atoms with Gasteiger partial charge in [-0.3, -0.25) is 4.79 Å². The maximum Gasteiger partial charge on any atom is 0.318 e. The number of para-hydroxylation sites is 1. The zero-order valence-corrected chi connectivity index (χ0v) is 17.4. The zero-order valence-electron chi connectivity index (χ0n) is 17.4. The molecule has 158 valence electrons. The number of urea groups is 1. The fourth-order valence-electron chi connectivity index (χ4n) is 4.57. The molecule has 2 heterocycles. The lowest BCUT2D eigenvalue weighted by Crippen LogP contribution is -2.72. The highest BCUT2D eigenvalue weighted by Gasteiger charge is 2.55. The Kier molecular flexibility index (Phi) is 5.39. The number of hydrogen-bond donors (Lipinski definition) is 2. The first-order valence-corrected chi connectivity index (χ1v) is 10.2. The first-order chi connectivity index (χ1) is 14.5. The number of nitrogens with one attached hydrogen (secondary N) is 1. The predicted molar refractivity (Wildman–Crippen MR) is 114 cm³/mol. The first-order valence-electron chi connectivity index (χ1n) is 10.2. The molecule has 0 bridgehead atoms. The first kappa shape index (κ1) is 20.2. The summed E-state index contributed by atoms with van der Waals surface area (Å²) in [7, 11) is 1.59. The van der Waals surface area contributed by atoms with Crippen LogP contribution in [0.3, 0.4) is 0 Å². The summed E-state index contributed by atoms with van der Waals surface area (Å²) in [5, 5.41) is 12.9. The number of nitrogens with zero attached hydrogens (tertiary/aromatic N) is 2. The number of carbonyl (C=O) groups is 2. The molecular weight excluding hydrogens is 382 g/mol. The number of rotatable bonds is 4. The van der Waals surface area contributed by atoms with E-state index in [-0.39, 0.29) is 42.6 Å². The molecule has 3 amide bonds. The van der Waals surface area contributed by atoms with E-state index in [4.69, 9.17) is 4.74 Å². The van der Waals surface area contributed by atoms with Crippen molar-refractivity contribution < 1.29 is 19.4 Å². The van der Waals surface area contributed by atoms with Crippen LogP contribution < -0.4 is 15.0 Å². The molecule has 2 aromatic rings. The van der Waals surface area contributed by atoms with Gasteiger partial charge in [0.2, 0.25) is 0 Å². The third-order valence-electron chi connectivity index (χ3n) is 5.92. The largest absolute Gasteiger partial charge is 0.497 e. The van der Waals surface area contributed by atoms with Crippen molar-refractivity contribution in [2.24, 2.45) is 0 Å². The van der Waals surface area contributed by atoms with E-state index in [1.165, 1.54) is 0 Å². The molecular formula is C23H27N3O4. The minimum atomic E-state index is -0.298. The van der Waals surface area contributed by atoms with Gasteiger partial charge >= 0.3 is 6.03 Å². The van der Waals surface area contributed by atoms with E-state index < -0.39 is 0 Å². The minimum Gasteiger partial charge on any atom is -0.497 e. The monoisotopic (exact) mass is 409 g/mol. The fourth-order valence-corrected chi connectivity index (χ4v) is 4.57. The number of ether oxygens (including phenoxy) is 1. The molecule has 2 aliphatic heterocycles. The molecule has 2 aliphatic rings. The lowest BCUT2D eigenvalue weighted by atomic mass is 9.72. The molecule has 0 spiro atoms. The summed E-state index contributed by atoms with van der Waals surface area (Å²) in [4.78, 5) is 29.6. The highest BCUT2D eigenvalue weighted by Crippen LogP contribution is 2.48. The van der Waals surface area contributed by atoms with Crippen LogP contribution in [0.4, 0.5) is 10.5 Å². The minimum absolute atomic E-state index is 0.00373. The molecule has 0 aromatic heterocycles. The summed E-state index contributed by atoms with van der Waals surface area (Å²) in [6.45, 7) is 4.07. The second-order valence-corrected chi connectivity index (χ2v) is 8.06. The van der Waals surface area contributed by atoms with Gasteiger partial charge in [-0.05, 0) is 49.7 Å². The predicted octanol–water partition coefficient (Wildman–Crippen LogP) is 2.60. The van der Waals surface area contributed by atoms with Crippen molar-refractivity contribution in [3.8, 4) is 5.75 Å². The van der Waals surface area contributed by atoms with Crippen LogP contribution in [-0.2, 0) is 0 Å². The van der Waals surface area contributed by atoms with Crippen LogP contribution in [0.5, 0.6) is 5.75 Å². The van der Waals surface area contributed by atoms with Crippen molar-refractivity contribution in [2.75, 3.05) is 25.2 Å². The van der Waals surface area contributed by atoms with Crippen molar-refractivity contribution in [3.05, 3.63) is 59.7 Å². The van der Waals surface area contributed by atoms with Gasteiger partial charge in [0, 0.05) is 29.8 Å². The molecule has 4 rings (SSSR count). The maximum atomic E-state index is 13.4. The summed E-state index contributed by atoms with van der Waals surface area (Å²) >= 11 is 0. The molecule has 7 nitrogen and oxygen atoms in total. The van der Waals surface area contributed by atoms with Gasteiger partial charge in [-0.1, -0.05) is 18.2 Å². The molecule has 30 heavy (non-hydrogen) atoms. The van der Waals surface area contributed by atoms with Gasteiger partial charge in [0.05, 0.1) is 25.8 Å². The van der Waals surface area contributed by atoms with Crippen molar-refractivity contribution in [1.82, 2.24) is 10.2 Å². The molecule has 1 fully saturated rings. The van der Waals surface area contributed by atoms with Crippen LogP contribution in [0.2, 0.25) is 0 Å². The molecule has 0 radical (unpaired) electrons. The van der Waals surface area contributed by atoms with Crippen LogP contribution >= 0.6 is 0 Å². The quantitative estimate of drug-likeness (QED) is 0.813. The average molecular weight is 409 g/mol.